The summed E-state index contributed by atoms with van der Waals surface area (Å²) >= 11 is 0. The molecule has 230 valence electrons. The van der Waals surface area contributed by atoms with E-state index in [1.165, 1.54) is 0 Å². The topological polar surface area (TPSA) is 0 Å². The molecule has 0 heteroatoms. The summed E-state index contributed by atoms with van der Waals surface area (Å²) in [6.07, 6.45) is 0. The summed E-state index contributed by atoms with van der Waals surface area (Å²) in [5.74, 6) is 134. The lowest BCUT2D eigenvalue weighted by molar-refractivity contribution is 2.31. The highest BCUT2D eigenvalue weighted by atomic mass is 13.6. The molecule has 0 heterocycles. The van der Waals surface area contributed by atoms with Gasteiger partial charge in [0.15, 0.2) is 0 Å². The van der Waals surface area contributed by atoms with Crippen molar-refractivity contribution >= 4 is 0 Å². The van der Waals surface area contributed by atoms with Crippen molar-refractivity contribution in [2.75, 3.05) is 0 Å². The molecule has 0 saturated heterocycles. The molecule has 0 aromatic heterocycles. The summed E-state index contributed by atoms with van der Waals surface area (Å²) in [5.41, 5.74) is 0. The van der Waals surface area contributed by atoms with Gasteiger partial charge in [0.1, 0.15) is 0 Å². The van der Waals surface area contributed by atoms with Crippen LogP contribution >= 0.6 is 0 Å². The Morgan fingerprint density at radius 1 is 0.0893 bits per heavy atom. The third kappa shape index (κ3) is 41.9. The Balaban J connectivity index is 4.57. The number of rotatable bonds is 0. The fraction of sp³-hybridized carbons (Fsp3) is 0. The molecule has 0 fully saturated rings. The van der Waals surface area contributed by atoms with Gasteiger partial charge in [-0.2, -0.15) is 13.8 Å². The van der Waals surface area contributed by atoms with E-state index < -0.39 is 0 Å². The standard InChI is InChI=1S/C56H4/c1-3-5-7-9-11-13-15-17-19-21-23-25-27-29-31-33-35-37-39-41-43-45-47-49-51-53-55-56-54-52-50-48-46-44-42-40-38-36-34-32-30-28-26-24-22-20-18-16-14-12-10-8-6-4-2/h1-2H2/q-2. The van der Waals surface area contributed by atoms with Crippen molar-refractivity contribution in [3.8, 4) is 320 Å². The van der Waals surface area contributed by atoms with Crippen molar-refractivity contribution in [2.45, 2.75) is 0 Å². The van der Waals surface area contributed by atoms with Crippen molar-refractivity contribution in [3.63, 3.8) is 0 Å². The van der Waals surface area contributed by atoms with E-state index in [0.717, 1.165) is 0 Å². The Labute approximate surface area is 332 Å². The van der Waals surface area contributed by atoms with Gasteiger partial charge in [0.05, 0.1) is 0 Å². The number of hydrogen-bond donors (Lipinski definition) is 0. The van der Waals surface area contributed by atoms with E-state index in [0.29, 0.717) is 0 Å². The summed E-state index contributed by atoms with van der Waals surface area (Å²) in [5, 5.41) is 0. The lowest BCUT2D eigenvalue weighted by Crippen LogP contribution is -1.57. The second-order valence-electron chi connectivity index (χ2n) is 6.85. The maximum absolute atomic E-state index is 3.31. The molecule has 0 rings (SSSR count). The zero-order valence-electron chi connectivity index (χ0n) is 28.4. The third-order valence-corrected chi connectivity index (χ3v) is 3.36. The zero-order valence-corrected chi connectivity index (χ0v) is 28.4. The monoisotopic (exact) mass is 676 g/mol. The molecule has 0 saturated carbocycles. The first-order chi connectivity index (χ1) is 27.9. The van der Waals surface area contributed by atoms with Gasteiger partial charge in [0.2, 0.25) is 0 Å². The Hall–Kier alpha value is -12.1. The lowest BCUT2D eigenvalue weighted by Gasteiger charge is -1.64. The molecule has 0 amide bonds. The largest absolute Gasteiger partial charge is 0.284 e. The molecule has 0 aromatic carbocycles. The summed E-state index contributed by atoms with van der Waals surface area (Å²) in [6, 6.07) is 0. The van der Waals surface area contributed by atoms with Crippen molar-refractivity contribution in [2.24, 2.45) is 0 Å². The van der Waals surface area contributed by atoms with E-state index in [-0.39, 0.29) is 0 Å². The van der Waals surface area contributed by atoms with Crippen LogP contribution in [-0.2, 0) is 0 Å². The van der Waals surface area contributed by atoms with Gasteiger partial charge in [0, 0.05) is 189 Å². The molecule has 0 nitrogen and oxygen atoms in total. The van der Waals surface area contributed by atoms with Crippen molar-refractivity contribution < 1.29 is 0 Å². The minimum atomic E-state index is 2.37. The first kappa shape index (κ1) is 43.9. The van der Waals surface area contributed by atoms with Crippen molar-refractivity contribution in [1.29, 1.82) is 0 Å². The van der Waals surface area contributed by atoms with Gasteiger partial charge in [-0.25, -0.2) is 11.8 Å². The Morgan fingerprint density at radius 2 is 0.143 bits per heavy atom. The first-order valence-corrected chi connectivity index (χ1v) is 14.0. The molecule has 0 N–H and O–H groups in total. The molecule has 56 heavy (non-hydrogen) atoms. The Morgan fingerprint density at radius 3 is 0.196 bits per heavy atom. The highest BCUT2D eigenvalue weighted by molar-refractivity contribution is 5.51. The predicted molar refractivity (Wildman–Crippen MR) is 221 cm³/mol. The van der Waals surface area contributed by atoms with Crippen LogP contribution in [0.2, 0.25) is 0 Å². The normalized spacial score (nSPS) is 3.93. The molecular formula is C56H4-2. The fourth-order valence-corrected chi connectivity index (χ4v) is 1.65. The molecule has 0 aliphatic carbocycles. The van der Waals surface area contributed by atoms with Gasteiger partial charge in [-0.3, -0.25) is 11.8 Å². The van der Waals surface area contributed by atoms with Crippen molar-refractivity contribution in [3.05, 3.63) is 13.8 Å². The van der Waals surface area contributed by atoms with Crippen LogP contribution in [0.5, 0.6) is 0 Å². The molecule has 0 radical (unpaired) electrons. The summed E-state index contributed by atoms with van der Waals surface area (Å²) in [7, 11) is 0. The van der Waals surface area contributed by atoms with Crippen LogP contribution < -0.4 is 0 Å². The van der Waals surface area contributed by atoms with E-state index in [1.54, 1.807) is 0 Å². The minimum absolute atomic E-state index is 2.37. The molecule has 0 unspecified atom stereocenters. The minimum Gasteiger partial charge on any atom is -0.284 e. The second-order valence-corrected chi connectivity index (χ2v) is 6.85. The average Bonchev–Trinajstić information content (AvgIpc) is 3.21. The molecule has 0 aliphatic heterocycles. The van der Waals surface area contributed by atoms with E-state index >= 15 is 0 Å². The number of hydrogen-bond acceptors (Lipinski definition) is 0. The maximum Gasteiger partial charge on any atom is 0 e. The van der Waals surface area contributed by atoms with Crippen LogP contribution in [0.25, 0.3) is 0 Å². The third-order valence-electron chi connectivity index (χ3n) is 3.36. The fourth-order valence-electron chi connectivity index (χ4n) is 1.65. The van der Waals surface area contributed by atoms with Gasteiger partial charge in [-0.15, -0.1) is 11.8 Å². The molecule has 0 spiro atoms. The zero-order chi connectivity index (χ0) is 40.2. The highest BCUT2D eigenvalue weighted by Crippen LogP contribution is 1.63. The van der Waals surface area contributed by atoms with Crippen LogP contribution in [0.1, 0.15) is 0 Å². The summed E-state index contributed by atoms with van der Waals surface area (Å²) in [6.45, 7) is 6.63. The van der Waals surface area contributed by atoms with Crippen LogP contribution in [0.4, 0.5) is 0 Å². The van der Waals surface area contributed by atoms with Gasteiger partial charge in [0.25, 0.3) is 0 Å². The SMILES string of the molecule is [CH2-]C#CC#CC#CC#CC#CC#CC#CC#CC#CC#CC#CC#CC#CC#CC#CC#CC#CC#CC#CC#CC#CC#CC#CC#CC#CC#CC#C[CH2-]. The smallest absolute Gasteiger partial charge is 0 e. The molecule has 0 atom stereocenters. The molecule has 0 aliphatic rings. The summed E-state index contributed by atoms with van der Waals surface area (Å²) < 4.78 is 0. The van der Waals surface area contributed by atoms with Crippen LogP contribution in [-0.4, -0.2) is 0 Å². The lowest BCUT2D eigenvalue weighted by atomic mass is 10.4. The van der Waals surface area contributed by atoms with Crippen LogP contribution in [0.15, 0.2) is 0 Å². The van der Waals surface area contributed by atoms with E-state index in [1.807, 2.05) is 0 Å². The quantitative estimate of drug-likeness (QED) is 0.263. The summed E-state index contributed by atoms with van der Waals surface area (Å²) in [4.78, 5) is 0. The first-order valence-electron chi connectivity index (χ1n) is 14.0. The van der Waals surface area contributed by atoms with Crippen molar-refractivity contribution in [1.82, 2.24) is 0 Å². The van der Waals surface area contributed by atoms with E-state index in [2.05, 4.69) is 334 Å². The van der Waals surface area contributed by atoms with Gasteiger partial charge < -0.3 is 0 Å². The van der Waals surface area contributed by atoms with E-state index in [4.69, 9.17) is 0 Å². The van der Waals surface area contributed by atoms with Gasteiger partial charge >= 0.3 is 0 Å². The molecule has 0 bridgehead atoms. The highest BCUT2D eigenvalue weighted by Gasteiger charge is 1.62. The van der Waals surface area contributed by atoms with Gasteiger partial charge in [-0.1, -0.05) is 0 Å². The van der Waals surface area contributed by atoms with Crippen LogP contribution in [0.3, 0.4) is 0 Å². The molecular weight excluding hydrogens is 673 g/mol. The van der Waals surface area contributed by atoms with Crippen LogP contribution in [0, 0.1) is 334 Å². The van der Waals surface area contributed by atoms with Gasteiger partial charge in [-0.05, 0) is 94.7 Å². The average molecular weight is 677 g/mol. The molecule has 0 aromatic rings. The second kappa shape index (κ2) is 42.9. The maximum atomic E-state index is 3.31. The Kier molecular flexibility index (Phi) is 33.6. The predicted octanol–water partition coefficient (Wildman–Crippen LogP) is 0.746. The Bertz CT molecular complexity index is 3230. The van der Waals surface area contributed by atoms with E-state index in [9.17, 15) is 0 Å².